The maximum atomic E-state index is 14.0. The van der Waals surface area contributed by atoms with Crippen LogP contribution in [0.25, 0.3) is 0 Å². The van der Waals surface area contributed by atoms with E-state index in [4.69, 9.17) is 0 Å². The molecule has 0 bridgehead atoms. The predicted octanol–water partition coefficient (Wildman–Crippen LogP) is 6.13. The van der Waals surface area contributed by atoms with Crippen LogP contribution >= 0.6 is 22.6 Å². The monoisotopic (exact) mass is 675 g/mol. The van der Waals surface area contributed by atoms with Crippen molar-refractivity contribution in [3.63, 3.8) is 0 Å². The third-order valence-electron chi connectivity index (χ3n) is 7.76. The zero-order chi connectivity index (χ0) is 29.4. The minimum atomic E-state index is -0.991. The molecule has 0 unspecified atom stereocenters. The largest absolute Gasteiger partial charge is 0.390 e. The topological polar surface area (TPSA) is 64.6 Å². The number of rotatable bonds is 12. The van der Waals surface area contributed by atoms with E-state index in [1.807, 2.05) is 37.3 Å². The number of nitrogens with zero attached hydrogens (tertiary/aromatic N) is 1. The van der Waals surface area contributed by atoms with Crippen LogP contribution < -0.4 is 10.6 Å². The van der Waals surface area contributed by atoms with Crippen molar-refractivity contribution in [2.45, 2.75) is 76.7 Å². The molecule has 0 radical (unpaired) electrons. The zero-order valence-electron chi connectivity index (χ0n) is 23.8. The molecule has 0 saturated heterocycles. The minimum absolute atomic E-state index is 0.0790. The minimum Gasteiger partial charge on any atom is -0.390 e. The van der Waals surface area contributed by atoms with Crippen molar-refractivity contribution in [2.24, 2.45) is 0 Å². The molecule has 5 nitrogen and oxygen atoms in total. The summed E-state index contributed by atoms with van der Waals surface area (Å²) < 4.78 is 29.0. The van der Waals surface area contributed by atoms with Crippen LogP contribution in [0.3, 0.4) is 0 Å². The normalized spacial score (nSPS) is 15.6. The first kappa shape index (κ1) is 31.5. The van der Waals surface area contributed by atoms with E-state index in [0.29, 0.717) is 23.7 Å². The molecule has 3 N–H and O–H groups in total. The number of carbonyl (C=O) groups is 1. The highest BCUT2D eigenvalue weighted by Gasteiger charge is 2.24. The first-order valence-corrected chi connectivity index (χ1v) is 15.4. The molecule has 3 aromatic rings. The molecule has 1 saturated carbocycles. The Morgan fingerprint density at radius 1 is 1.00 bits per heavy atom. The van der Waals surface area contributed by atoms with Gasteiger partial charge in [-0.05, 0) is 109 Å². The Labute approximate surface area is 255 Å². The number of nitrogens with one attached hydrogen (secondary N) is 2. The second-order valence-electron chi connectivity index (χ2n) is 11.3. The van der Waals surface area contributed by atoms with Gasteiger partial charge in [0.2, 0.25) is 0 Å². The van der Waals surface area contributed by atoms with Gasteiger partial charge in [-0.2, -0.15) is 0 Å². The van der Waals surface area contributed by atoms with E-state index in [1.165, 1.54) is 44.2 Å². The summed E-state index contributed by atoms with van der Waals surface area (Å²) in [5.74, 6) is -1.71. The number of aliphatic hydroxyl groups is 1. The van der Waals surface area contributed by atoms with Gasteiger partial charge in [0.1, 0.15) is 11.6 Å². The van der Waals surface area contributed by atoms with E-state index in [1.54, 1.807) is 0 Å². The average Bonchev–Trinajstić information content (AvgIpc) is 2.92. The molecule has 1 aliphatic rings. The molecule has 3 aromatic carbocycles. The molecule has 41 heavy (non-hydrogen) atoms. The summed E-state index contributed by atoms with van der Waals surface area (Å²) >= 11 is 2.25. The first-order valence-electron chi connectivity index (χ1n) is 14.4. The highest BCUT2D eigenvalue weighted by molar-refractivity contribution is 14.1. The number of hydrogen-bond donors (Lipinski definition) is 3. The number of aliphatic hydroxyl groups excluding tert-OH is 1. The van der Waals surface area contributed by atoms with Crippen molar-refractivity contribution in [1.82, 2.24) is 15.5 Å². The van der Waals surface area contributed by atoms with E-state index in [9.17, 15) is 18.7 Å². The second-order valence-corrected chi connectivity index (χ2v) is 12.5. The Morgan fingerprint density at radius 2 is 1.73 bits per heavy atom. The molecule has 0 aromatic heterocycles. The van der Waals surface area contributed by atoms with Crippen molar-refractivity contribution in [3.05, 3.63) is 104 Å². The molecular formula is C33H40F2IN3O2. The smallest absolute Gasteiger partial charge is 0.251 e. The van der Waals surface area contributed by atoms with Gasteiger partial charge in [-0.1, -0.05) is 43.0 Å². The highest BCUT2D eigenvalue weighted by atomic mass is 127. The van der Waals surface area contributed by atoms with Gasteiger partial charge in [0.05, 0.1) is 12.1 Å². The lowest BCUT2D eigenvalue weighted by molar-refractivity contribution is 0.0829. The van der Waals surface area contributed by atoms with Gasteiger partial charge < -0.3 is 15.7 Å². The summed E-state index contributed by atoms with van der Waals surface area (Å²) in [6.07, 6.45) is 5.31. The van der Waals surface area contributed by atoms with Crippen molar-refractivity contribution >= 4 is 28.5 Å². The fourth-order valence-corrected chi connectivity index (χ4v) is 6.30. The molecule has 8 heteroatoms. The van der Waals surface area contributed by atoms with Gasteiger partial charge >= 0.3 is 0 Å². The number of halogens is 3. The van der Waals surface area contributed by atoms with E-state index in [0.717, 1.165) is 32.9 Å². The zero-order valence-corrected chi connectivity index (χ0v) is 26.0. The molecule has 1 fully saturated rings. The van der Waals surface area contributed by atoms with E-state index in [2.05, 4.69) is 57.3 Å². The Kier molecular flexibility index (Phi) is 11.7. The summed E-state index contributed by atoms with van der Waals surface area (Å²) in [4.78, 5) is 15.9. The van der Waals surface area contributed by atoms with E-state index < -0.39 is 23.8 Å². The van der Waals surface area contributed by atoms with Crippen LogP contribution in [0.5, 0.6) is 0 Å². The Balaban J connectivity index is 1.47. The molecule has 0 heterocycles. The summed E-state index contributed by atoms with van der Waals surface area (Å²) in [7, 11) is 2.14. The molecule has 2 atom stereocenters. The number of aryl methyl sites for hydroxylation is 1. The van der Waals surface area contributed by atoms with Gasteiger partial charge in [0.25, 0.3) is 5.91 Å². The second kappa shape index (κ2) is 15.2. The van der Waals surface area contributed by atoms with Gasteiger partial charge in [0.15, 0.2) is 0 Å². The van der Waals surface area contributed by atoms with E-state index >= 15 is 0 Å². The van der Waals surface area contributed by atoms with Crippen LogP contribution in [-0.2, 0) is 19.5 Å². The number of amides is 1. The standard InChI is InChI=1S/C33H40F2IN3O2/c1-22-11-25(21-39(2)30-9-4-3-5-10-30)13-26(12-22)33(41)38-31(17-24-14-27(34)18-28(35)15-24)32(40)20-37-19-23-7-6-8-29(36)16-23/h6-8,11-16,18,30-32,37,40H,3-5,9-10,17,19-21H2,1-2H3,(H,38,41)/t31-,32-/m0/s1. The number of benzene rings is 3. The fourth-order valence-electron chi connectivity index (χ4n) is 5.70. The number of carbonyl (C=O) groups excluding carboxylic acids is 1. The predicted molar refractivity (Wildman–Crippen MR) is 168 cm³/mol. The lowest BCUT2D eigenvalue weighted by Gasteiger charge is -2.31. The number of hydrogen-bond acceptors (Lipinski definition) is 4. The molecular weight excluding hydrogens is 635 g/mol. The quantitative estimate of drug-likeness (QED) is 0.202. The van der Waals surface area contributed by atoms with Crippen LogP contribution in [0.2, 0.25) is 0 Å². The van der Waals surface area contributed by atoms with Gasteiger partial charge in [-0.25, -0.2) is 8.78 Å². The summed E-state index contributed by atoms with van der Waals surface area (Å²) in [5.41, 5.74) is 3.98. The third-order valence-corrected chi connectivity index (χ3v) is 8.43. The van der Waals surface area contributed by atoms with Gasteiger partial charge in [-0.3, -0.25) is 9.69 Å². The lowest BCUT2D eigenvalue weighted by atomic mass is 9.94. The SMILES string of the molecule is Cc1cc(CN(C)C2CCCCC2)cc(C(=O)N[C@@H](Cc2cc(F)cc(F)c2)[C@@H](O)CNCc2cccc(I)c2)c1. The lowest BCUT2D eigenvalue weighted by Crippen LogP contribution is -2.48. The van der Waals surface area contributed by atoms with Crippen molar-refractivity contribution in [1.29, 1.82) is 0 Å². The molecule has 0 aliphatic heterocycles. The molecule has 0 spiro atoms. The summed E-state index contributed by atoms with van der Waals surface area (Å²) in [6.45, 7) is 3.46. The van der Waals surface area contributed by atoms with E-state index in [-0.39, 0.29) is 18.9 Å². The van der Waals surface area contributed by atoms with Crippen molar-refractivity contribution in [3.8, 4) is 0 Å². The summed E-state index contributed by atoms with van der Waals surface area (Å²) in [6, 6.07) is 16.9. The van der Waals surface area contributed by atoms with Crippen molar-refractivity contribution < 1.29 is 18.7 Å². The molecule has 220 valence electrons. The summed E-state index contributed by atoms with van der Waals surface area (Å²) in [5, 5.41) is 17.3. The fraction of sp³-hybridized carbons (Fsp3) is 0.424. The third kappa shape index (κ3) is 9.84. The Morgan fingerprint density at radius 3 is 2.44 bits per heavy atom. The van der Waals surface area contributed by atoms with Crippen LogP contribution in [0.4, 0.5) is 8.78 Å². The van der Waals surface area contributed by atoms with Crippen LogP contribution in [0.15, 0.2) is 60.7 Å². The molecule has 1 aliphatic carbocycles. The van der Waals surface area contributed by atoms with Crippen LogP contribution in [0, 0.1) is 22.1 Å². The van der Waals surface area contributed by atoms with Gasteiger partial charge in [-0.15, -0.1) is 0 Å². The Bertz CT molecular complexity index is 1300. The molecule has 1 amide bonds. The van der Waals surface area contributed by atoms with Crippen LogP contribution in [0.1, 0.15) is 64.7 Å². The first-order chi connectivity index (χ1) is 19.7. The maximum Gasteiger partial charge on any atom is 0.251 e. The van der Waals surface area contributed by atoms with Crippen molar-refractivity contribution in [2.75, 3.05) is 13.6 Å². The maximum absolute atomic E-state index is 14.0. The molecule has 4 rings (SSSR count). The highest BCUT2D eigenvalue weighted by Crippen LogP contribution is 2.23. The van der Waals surface area contributed by atoms with Gasteiger partial charge in [0, 0.05) is 40.9 Å². The average molecular weight is 676 g/mol. The van der Waals surface area contributed by atoms with Crippen LogP contribution in [-0.4, -0.2) is 47.7 Å². The Hall–Kier alpha value is -2.40.